The number of aromatic nitrogens is 2. The topological polar surface area (TPSA) is 78.7 Å². The lowest BCUT2D eigenvalue weighted by molar-refractivity contribution is -0.0247. The van der Waals surface area contributed by atoms with Crippen molar-refractivity contribution >= 4 is 17.2 Å². The summed E-state index contributed by atoms with van der Waals surface area (Å²) >= 11 is 1.36. The summed E-state index contributed by atoms with van der Waals surface area (Å²) in [5, 5.41) is 12.9. The molecule has 0 spiro atoms. The first kappa shape index (κ1) is 22.9. The number of nitrogens with zero attached hydrogens (tertiary/aromatic N) is 4. The van der Waals surface area contributed by atoms with Crippen molar-refractivity contribution in [2.24, 2.45) is 5.92 Å². The maximum absolute atomic E-state index is 15.8. The summed E-state index contributed by atoms with van der Waals surface area (Å²) in [6, 6.07) is 11.0. The average molecular weight is 545 g/mol. The summed E-state index contributed by atoms with van der Waals surface area (Å²) in [4.78, 5) is 33.5. The predicted octanol–water partition coefficient (Wildman–Crippen LogP) is 5.02. The Morgan fingerprint density at radius 1 is 0.974 bits per heavy atom. The molecule has 9 rings (SSSR count). The highest BCUT2D eigenvalue weighted by atomic mass is 32.1. The quantitative estimate of drug-likeness (QED) is 0.364. The van der Waals surface area contributed by atoms with E-state index in [0.29, 0.717) is 11.3 Å². The van der Waals surface area contributed by atoms with Crippen LogP contribution in [-0.4, -0.2) is 37.8 Å². The number of fused-ring (bicyclic) bond motifs is 8. The van der Waals surface area contributed by atoms with Gasteiger partial charge in [-0.15, -0.1) is 11.3 Å². The van der Waals surface area contributed by atoms with E-state index in [1.165, 1.54) is 23.6 Å². The fourth-order valence-corrected chi connectivity index (χ4v) is 8.07. The molecule has 0 radical (unpaired) electrons. The van der Waals surface area contributed by atoms with Crippen molar-refractivity contribution in [3.05, 3.63) is 92.9 Å². The molecule has 7 nitrogen and oxygen atoms in total. The van der Waals surface area contributed by atoms with Crippen LogP contribution in [0.5, 0.6) is 5.75 Å². The molecule has 1 amide bonds. The van der Waals surface area contributed by atoms with Crippen molar-refractivity contribution in [2.45, 2.75) is 43.9 Å². The molecule has 2 aromatic carbocycles. The van der Waals surface area contributed by atoms with E-state index >= 15 is 4.39 Å². The molecule has 2 aliphatic carbocycles. The van der Waals surface area contributed by atoms with Crippen molar-refractivity contribution in [3.63, 3.8) is 0 Å². The Morgan fingerprint density at radius 2 is 1.77 bits per heavy atom. The van der Waals surface area contributed by atoms with Crippen molar-refractivity contribution in [1.29, 1.82) is 0 Å². The minimum absolute atomic E-state index is 0.0350. The Kier molecular flexibility index (Phi) is 4.69. The number of benzene rings is 2. The first-order valence-electron chi connectivity index (χ1n) is 13.0. The Labute approximate surface area is 225 Å². The molecule has 5 heterocycles. The summed E-state index contributed by atoms with van der Waals surface area (Å²) in [7, 11) is 0. The van der Waals surface area contributed by atoms with Crippen LogP contribution in [0.3, 0.4) is 0 Å². The highest BCUT2D eigenvalue weighted by Crippen LogP contribution is 2.52. The lowest BCUT2D eigenvalue weighted by Crippen LogP contribution is -2.70. The van der Waals surface area contributed by atoms with Gasteiger partial charge in [-0.1, -0.05) is 30.3 Å². The van der Waals surface area contributed by atoms with E-state index in [1.807, 2.05) is 34.2 Å². The molecule has 2 bridgehead atoms. The number of hydrogen-bond acceptors (Lipinski definition) is 6. The van der Waals surface area contributed by atoms with Gasteiger partial charge in [-0.25, -0.2) is 13.8 Å². The maximum atomic E-state index is 15.8. The van der Waals surface area contributed by atoms with E-state index in [2.05, 4.69) is 4.98 Å². The number of amides is 1. The van der Waals surface area contributed by atoms with Crippen molar-refractivity contribution in [2.75, 3.05) is 5.01 Å². The van der Waals surface area contributed by atoms with Gasteiger partial charge in [0, 0.05) is 23.9 Å². The zero-order valence-electron chi connectivity index (χ0n) is 20.6. The second-order valence-corrected chi connectivity index (χ2v) is 11.5. The number of piperidine rings is 2. The van der Waals surface area contributed by atoms with Crippen LogP contribution in [0.1, 0.15) is 53.3 Å². The molecular formula is C29H22F2N4O3S. The molecule has 1 saturated carbocycles. The highest BCUT2D eigenvalue weighted by Gasteiger charge is 2.54. The van der Waals surface area contributed by atoms with Crippen LogP contribution in [0, 0.1) is 17.6 Å². The van der Waals surface area contributed by atoms with Gasteiger partial charge in [-0.05, 0) is 54.4 Å². The molecule has 3 fully saturated rings. The highest BCUT2D eigenvalue weighted by molar-refractivity contribution is 7.13. The second kappa shape index (κ2) is 7.98. The normalized spacial score (nSPS) is 24.4. The Balaban J connectivity index is 1.49. The average Bonchev–Trinajstić information content (AvgIpc) is 3.40. The zero-order chi connectivity index (χ0) is 26.6. The molecule has 3 aliphatic heterocycles. The van der Waals surface area contributed by atoms with Crippen molar-refractivity contribution < 1.29 is 18.7 Å². The smallest absolute Gasteiger partial charge is 0.278 e. The molecule has 2 saturated heterocycles. The number of pyridine rings is 1. The van der Waals surface area contributed by atoms with Crippen LogP contribution >= 0.6 is 11.3 Å². The van der Waals surface area contributed by atoms with Crippen LogP contribution in [0.4, 0.5) is 8.78 Å². The van der Waals surface area contributed by atoms with Crippen LogP contribution in [-0.2, 0) is 0 Å². The summed E-state index contributed by atoms with van der Waals surface area (Å²) in [5.41, 5.74) is 3.53. The molecule has 1 N–H and O–H groups in total. The van der Waals surface area contributed by atoms with E-state index in [9.17, 15) is 19.1 Å². The fraction of sp³-hybridized carbons (Fsp3) is 0.276. The van der Waals surface area contributed by atoms with Crippen molar-refractivity contribution in [3.8, 4) is 27.4 Å². The lowest BCUT2D eigenvalue weighted by Gasteiger charge is -2.59. The van der Waals surface area contributed by atoms with Gasteiger partial charge >= 0.3 is 0 Å². The van der Waals surface area contributed by atoms with Gasteiger partial charge in [-0.2, -0.15) is 0 Å². The minimum atomic E-state index is -0.976. The summed E-state index contributed by atoms with van der Waals surface area (Å²) in [5.74, 6) is -2.80. The van der Waals surface area contributed by atoms with Gasteiger partial charge in [-0.3, -0.25) is 19.3 Å². The molecule has 196 valence electrons. The van der Waals surface area contributed by atoms with Crippen LogP contribution < -0.4 is 10.4 Å². The number of halogens is 2. The third-order valence-electron chi connectivity index (χ3n) is 8.84. The number of hydrogen-bond donors (Lipinski definition) is 1. The Hall–Kier alpha value is -4.05. The van der Waals surface area contributed by atoms with E-state index in [4.69, 9.17) is 0 Å². The minimum Gasteiger partial charge on any atom is -0.502 e. The Morgan fingerprint density at radius 3 is 2.59 bits per heavy atom. The van der Waals surface area contributed by atoms with E-state index in [1.54, 1.807) is 16.3 Å². The molecular weight excluding hydrogens is 522 g/mol. The van der Waals surface area contributed by atoms with Crippen LogP contribution in [0.25, 0.3) is 21.7 Å². The first-order valence-corrected chi connectivity index (χ1v) is 13.9. The number of carbonyl (C=O) groups excluding carboxylic acids is 1. The summed E-state index contributed by atoms with van der Waals surface area (Å²) < 4.78 is 32.1. The number of aromatic hydroxyl groups is 1. The first-order chi connectivity index (χ1) is 19.0. The van der Waals surface area contributed by atoms with Crippen LogP contribution in [0.2, 0.25) is 0 Å². The molecule has 5 aliphatic rings. The third-order valence-corrected chi connectivity index (χ3v) is 9.70. The van der Waals surface area contributed by atoms with E-state index < -0.39 is 35.0 Å². The zero-order valence-corrected chi connectivity index (χ0v) is 21.4. The molecule has 2 unspecified atom stereocenters. The molecule has 10 heteroatoms. The number of carbonyl (C=O) groups is 1. The SMILES string of the molecule is O=C1c2c(O)c(=O)ccn2N(C2c3ccccc3-c3scnc3-c3c2ccc(F)c3F)C2C3CCC(CC3)N12. The summed E-state index contributed by atoms with van der Waals surface area (Å²) in [6.07, 6.45) is 4.64. The Bertz CT molecular complexity index is 1760. The number of thiazole rings is 1. The second-order valence-electron chi connectivity index (χ2n) is 10.6. The fourth-order valence-electron chi connectivity index (χ4n) is 7.23. The largest absolute Gasteiger partial charge is 0.502 e. The molecule has 2 aromatic heterocycles. The van der Waals surface area contributed by atoms with E-state index in [-0.39, 0.29) is 29.1 Å². The van der Waals surface area contributed by atoms with E-state index in [0.717, 1.165) is 47.8 Å². The molecule has 4 aromatic rings. The predicted molar refractivity (Wildman–Crippen MR) is 141 cm³/mol. The van der Waals surface area contributed by atoms with Gasteiger partial charge in [0.2, 0.25) is 5.43 Å². The summed E-state index contributed by atoms with van der Waals surface area (Å²) in [6.45, 7) is 0. The van der Waals surface area contributed by atoms with Gasteiger partial charge in [0.1, 0.15) is 6.17 Å². The van der Waals surface area contributed by atoms with Gasteiger partial charge < -0.3 is 10.0 Å². The van der Waals surface area contributed by atoms with Gasteiger partial charge in [0.05, 0.1) is 22.1 Å². The van der Waals surface area contributed by atoms with Gasteiger partial charge in [0.25, 0.3) is 5.91 Å². The lowest BCUT2D eigenvalue weighted by atomic mass is 9.76. The monoisotopic (exact) mass is 544 g/mol. The molecule has 39 heavy (non-hydrogen) atoms. The third kappa shape index (κ3) is 2.92. The standard InChI is InChI=1S/C29H22F2N4O3S/c30-19-10-9-18-21(22(19)31)23-27(39-13-32-23)17-4-2-1-3-16(17)24(18)35-28-14-5-7-15(8-6-14)34(28)29(38)25-26(37)20(36)11-12-33(25)35/h1-4,9-15,24,28,37H,5-8H2. The number of rotatable bonds is 1. The maximum Gasteiger partial charge on any atom is 0.278 e. The molecule has 2 atom stereocenters. The van der Waals surface area contributed by atoms with Crippen molar-refractivity contribution in [1.82, 2.24) is 14.6 Å². The van der Waals surface area contributed by atoms with Gasteiger partial charge in [0.15, 0.2) is 23.1 Å². The van der Waals surface area contributed by atoms with Crippen LogP contribution in [0.15, 0.2) is 59.0 Å².